The fraction of sp³-hybridized carbons (Fsp3) is 0.263. The zero-order valence-electron chi connectivity index (χ0n) is 13.4. The van der Waals surface area contributed by atoms with Crippen LogP contribution in [0.3, 0.4) is 0 Å². The van der Waals surface area contributed by atoms with Crippen LogP contribution in [0, 0.1) is 0 Å². The summed E-state index contributed by atoms with van der Waals surface area (Å²) in [7, 11) is 8.31. The van der Waals surface area contributed by atoms with Crippen molar-refractivity contribution in [1.82, 2.24) is 0 Å². The molecule has 2 nitrogen and oxygen atoms in total. The number of allylic oxidation sites excluding steroid dienone is 1. The number of benzene rings is 2. The van der Waals surface area contributed by atoms with E-state index >= 15 is 0 Å². The van der Waals surface area contributed by atoms with E-state index in [-0.39, 0.29) is 0 Å². The van der Waals surface area contributed by atoms with Crippen LogP contribution in [0.4, 0.5) is 11.4 Å². The molecule has 0 amide bonds. The molecular formula is C19H24N2. The average molecular weight is 280 g/mol. The van der Waals surface area contributed by atoms with Crippen molar-refractivity contribution in [3.05, 3.63) is 65.7 Å². The molecule has 0 heterocycles. The van der Waals surface area contributed by atoms with Crippen LogP contribution in [-0.4, -0.2) is 28.2 Å². The van der Waals surface area contributed by atoms with Gasteiger partial charge in [-0.05, 0) is 29.7 Å². The smallest absolute Gasteiger partial charge is 0.0455 e. The Hall–Kier alpha value is -2.22. The molecule has 0 fully saturated rings. The van der Waals surface area contributed by atoms with Gasteiger partial charge in [-0.15, -0.1) is 0 Å². The lowest BCUT2D eigenvalue weighted by molar-refractivity contribution is 1.10. The molecule has 0 unspecified atom stereocenters. The van der Waals surface area contributed by atoms with Gasteiger partial charge in [0.15, 0.2) is 0 Å². The third-order valence-corrected chi connectivity index (χ3v) is 3.51. The van der Waals surface area contributed by atoms with Crippen LogP contribution >= 0.6 is 0 Å². The normalized spacial score (nSPS) is 10.9. The molecule has 21 heavy (non-hydrogen) atoms. The van der Waals surface area contributed by atoms with E-state index in [0.717, 1.165) is 6.42 Å². The highest BCUT2D eigenvalue weighted by Crippen LogP contribution is 2.26. The molecule has 0 aromatic heterocycles. The highest BCUT2D eigenvalue weighted by Gasteiger charge is 2.04. The zero-order chi connectivity index (χ0) is 15.2. The summed E-state index contributed by atoms with van der Waals surface area (Å²) in [6.45, 7) is 0. The van der Waals surface area contributed by atoms with Gasteiger partial charge in [-0.25, -0.2) is 0 Å². The van der Waals surface area contributed by atoms with Gasteiger partial charge in [0, 0.05) is 39.6 Å². The third kappa shape index (κ3) is 4.12. The van der Waals surface area contributed by atoms with E-state index in [1.807, 2.05) is 0 Å². The maximum atomic E-state index is 2.23. The van der Waals surface area contributed by atoms with Gasteiger partial charge in [0.1, 0.15) is 0 Å². The number of anilines is 2. The second-order valence-electron chi connectivity index (χ2n) is 5.62. The van der Waals surface area contributed by atoms with Gasteiger partial charge in [0.05, 0.1) is 0 Å². The van der Waals surface area contributed by atoms with E-state index in [2.05, 4.69) is 98.7 Å². The Morgan fingerprint density at radius 1 is 0.857 bits per heavy atom. The first-order chi connectivity index (χ1) is 10.1. The summed E-state index contributed by atoms with van der Waals surface area (Å²) in [6, 6.07) is 17.1. The molecule has 0 radical (unpaired) electrons. The lowest BCUT2D eigenvalue weighted by Gasteiger charge is -2.20. The van der Waals surface area contributed by atoms with E-state index in [0.29, 0.717) is 0 Å². The highest BCUT2D eigenvalue weighted by atomic mass is 15.1. The molecule has 0 aliphatic heterocycles. The van der Waals surface area contributed by atoms with Crippen molar-refractivity contribution >= 4 is 17.5 Å². The molecule has 0 spiro atoms. The first-order valence-electron chi connectivity index (χ1n) is 7.27. The van der Waals surface area contributed by atoms with Crippen molar-refractivity contribution < 1.29 is 0 Å². The van der Waals surface area contributed by atoms with Gasteiger partial charge in [-0.3, -0.25) is 0 Å². The van der Waals surface area contributed by atoms with Crippen LogP contribution < -0.4 is 9.80 Å². The molecule has 0 aliphatic rings. The van der Waals surface area contributed by atoms with Crippen LogP contribution in [0.15, 0.2) is 54.6 Å². The van der Waals surface area contributed by atoms with Gasteiger partial charge in [0.2, 0.25) is 0 Å². The van der Waals surface area contributed by atoms with Gasteiger partial charge in [-0.1, -0.05) is 48.6 Å². The summed E-state index contributed by atoms with van der Waals surface area (Å²) in [5.74, 6) is 0. The molecule has 0 saturated heterocycles. The van der Waals surface area contributed by atoms with E-state index in [1.54, 1.807) is 0 Å². The van der Waals surface area contributed by atoms with Crippen molar-refractivity contribution in [2.24, 2.45) is 0 Å². The van der Waals surface area contributed by atoms with Crippen molar-refractivity contribution in [3.63, 3.8) is 0 Å². The van der Waals surface area contributed by atoms with Crippen LogP contribution in [0.5, 0.6) is 0 Å². The lowest BCUT2D eigenvalue weighted by atomic mass is 10.1. The fourth-order valence-corrected chi connectivity index (χ4v) is 2.27. The summed E-state index contributed by atoms with van der Waals surface area (Å²) >= 11 is 0. The SMILES string of the molecule is CN(C)c1ccc(/C=C/Cc2ccccc2)c(N(C)C)c1. The number of hydrogen-bond acceptors (Lipinski definition) is 2. The van der Waals surface area contributed by atoms with E-state index in [1.165, 1.54) is 22.5 Å². The van der Waals surface area contributed by atoms with Crippen molar-refractivity contribution in [3.8, 4) is 0 Å². The topological polar surface area (TPSA) is 6.48 Å². The predicted molar refractivity (Wildman–Crippen MR) is 94.3 cm³/mol. The summed E-state index contributed by atoms with van der Waals surface area (Å²) in [6.07, 6.45) is 5.40. The Balaban J connectivity index is 2.19. The summed E-state index contributed by atoms with van der Waals surface area (Å²) in [5.41, 5.74) is 5.05. The molecule has 2 heteroatoms. The molecule has 0 bridgehead atoms. The van der Waals surface area contributed by atoms with Crippen molar-refractivity contribution in [1.29, 1.82) is 0 Å². The average Bonchev–Trinajstić information content (AvgIpc) is 2.48. The van der Waals surface area contributed by atoms with Crippen LogP contribution in [0.2, 0.25) is 0 Å². The van der Waals surface area contributed by atoms with E-state index < -0.39 is 0 Å². The third-order valence-electron chi connectivity index (χ3n) is 3.51. The molecule has 2 rings (SSSR count). The summed E-state index contributed by atoms with van der Waals surface area (Å²) in [5, 5.41) is 0. The Morgan fingerprint density at radius 3 is 2.19 bits per heavy atom. The van der Waals surface area contributed by atoms with Crippen LogP contribution in [0.25, 0.3) is 6.08 Å². The van der Waals surface area contributed by atoms with E-state index in [9.17, 15) is 0 Å². The minimum atomic E-state index is 0.961. The zero-order valence-corrected chi connectivity index (χ0v) is 13.4. The molecule has 0 saturated carbocycles. The minimum absolute atomic E-state index is 0.961. The fourth-order valence-electron chi connectivity index (χ4n) is 2.27. The number of rotatable bonds is 5. The molecule has 0 aliphatic carbocycles. The monoisotopic (exact) mass is 280 g/mol. The van der Waals surface area contributed by atoms with E-state index in [4.69, 9.17) is 0 Å². The number of hydrogen-bond donors (Lipinski definition) is 0. The second-order valence-corrected chi connectivity index (χ2v) is 5.62. The van der Waals surface area contributed by atoms with Crippen molar-refractivity contribution in [2.75, 3.05) is 38.0 Å². The predicted octanol–water partition coefficient (Wildman–Crippen LogP) is 4.07. The van der Waals surface area contributed by atoms with Crippen LogP contribution in [0.1, 0.15) is 11.1 Å². The Morgan fingerprint density at radius 2 is 1.57 bits per heavy atom. The van der Waals surface area contributed by atoms with Gasteiger partial charge < -0.3 is 9.80 Å². The Labute approximate surface area is 128 Å². The molecular weight excluding hydrogens is 256 g/mol. The second kappa shape index (κ2) is 6.98. The summed E-state index contributed by atoms with van der Waals surface area (Å²) in [4.78, 5) is 4.29. The maximum absolute atomic E-state index is 2.23. The Bertz CT molecular complexity index is 598. The standard InChI is InChI=1S/C19H24N2/c1-20(2)18-14-13-17(19(15-18)21(3)4)12-8-11-16-9-6-5-7-10-16/h5-10,12-15H,11H2,1-4H3/b12-8+. The molecule has 2 aromatic carbocycles. The molecule has 0 N–H and O–H groups in total. The van der Waals surface area contributed by atoms with Gasteiger partial charge >= 0.3 is 0 Å². The maximum Gasteiger partial charge on any atom is 0.0455 e. The molecule has 0 atom stereocenters. The highest BCUT2D eigenvalue weighted by molar-refractivity contribution is 5.72. The summed E-state index contributed by atoms with van der Waals surface area (Å²) < 4.78 is 0. The molecule has 2 aromatic rings. The first-order valence-corrected chi connectivity index (χ1v) is 7.27. The quantitative estimate of drug-likeness (QED) is 0.814. The Kier molecular flexibility index (Phi) is 5.04. The van der Waals surface area contributed by atoms with Gasteiger partial charge in [-0.2, -0.15) is 0 Å². The largest absolute Gasteiger partial charge is 0.378 e. The first kappa shape index (κ1) is 15.2. The lowest BCUT2D eigenvalue weighted by Crippen LogP contribution is -2.13. The van der Waals surface area contributed by atoms with Crippen molar-refractivity contribution in [2.45, 2.75) is 6.42 Å². The van der Waals surface area contributed by atoms with Gasteiger partial charge in [0.25, 0.3) is 0 Å². The number of nitrogens with zero attached hydrogens (tertiary/aromatic N) is 2. The van der Waals surface area contributed by atoms with Crippen LogP contribution in [-0.2, 0) is 6.42 Å². The minimum Gasteiger partial charge on any atom is -0.378 e. The molecule has 110 valence electrons.